The van der Waals surface area contributed by atoms with Crippen molar-refractivity contribution in [3.63, 3.8) is 0 Å². The minimum atomic E-state index is -0.284. The van der Waals surface area contributed by atoms with Gasteiger partial charge in [-0.3, -0.25) is 4.79 Å². The van der Waals surface area contributed by atoms with E-state index >= 15 is 0 Å². The van der Waals surface area contributed by atoms with Gasteiger partial charge in [-0.1, -0.05) is 34.1 Å². The van der Waals surface area contributed by atoms with E-state index in [1.165, 1.54) is 12.1 Å². The van der Waals surface area contributed by atoms with Crippen LogP contribution < -0.4 is 0 Å². The smallest absolute Gasteiger partial charge is 0.254 e. The molecule has 2 nitrogen and oxygen atoms in total. The molecule has 1 amide bonds. The number of rotatable bonds is 2. The Morgan fingerprint density at radius 1 is 1.20 bits per heavy atom. The molecule has 3 rings (SSSR count). The zero-order valence-corrected chi connectivity index (χ0v) is 12.4. The highest BCUT2D eigenvalue weighted by atomic mass is 79.9. The summed E-state index contributed by atoms with van der Waals surface area (Å²) in [7, 11) is 0. The highest BCUT2D eigenvalue weighted by Crippen LogP contribution is 2.24. The molecule has 0 unspecified atom stereocenters. The fourth-order valence-electron chi connectivity index (χ4n) is 2.50. The highest BCUT2D eigenvalue weighted by molar-refractivity contribution is 9.10. The van der Waals surface area contributed by atoms with Crippen LogP contribution in [0.4, 0.5) is 4.39 Å². The van der Waals surface area contributed by atoms with Crippen molar-refractivity contribution in [3.8, 4) is 0 Å². The molecule has 2 aromatic rings. The van der Waals surface area contributed by atoms with E-state index < -0.39 is 0 Å². The Bertz CT molecular complexity index is 671. The lowest BCUT2D eigenvalue weighted by atomic mass is 9.99. The van der Waals surface area contributed by atoms with Crippen molar-refractivity contribution in [2.75, 3.05) is 6.54 Å². The predicted octanol–water partition coefficient (Wildman–Crippen LogP) is 3.79. The van der Waals surface area contributed by atoms with Crippen molar-refractivity contribution < 1.29 is 9.18 Å². The minimum Gasteiger partial charge on any atom is -0.334 e. The zero-order chi connectivity index (χ0) is 14.1. The fourth-order valence-corrected chi connectivity index (χ4v) is 2.87. The molecule has 20 heavy (non-hydrogen) atoms. The van der Waals surface area contributed by atoms with Gasteiger partial charge in [-0.05, 0) is 41.8 Å². The van der Waals surface area contributed by atoms with E-state index in [1.54, 1.807) is 11.0 Å². The predicted molar refractivity (Wildman–Crippen MR) is 79.0 cm³/mol. The normalized spacial score (nSPS) is 14.3. The van der Waals surface area contributed by atoms with E-state index in [-0.39, 0.29) is 11.7 Å². The van der Waals surface area contributed by atoms with E-state index in [1.807, 2.05) is 24.3 Å². The van der Waals surface area contributed by atoms with E-state index in [0.717, 1.165) is 27.6 Å². The molecule has 0 atom stereocenters. The van der Waals surface area contributed by atoms with Crippen molar-refractivity contribution in [2.45, 2.75) is 13.0 Å². The summed E-state index contributed by atoms with van der Waals surface area (Å²) in [5, 5.41) is 0. The molecule has 0 aliphatic carbocycles. The van der Waals surface area contributed by atoms with E-state index in [9.17, 15) is 9.18 Å². The molecule has 0 bridgehead atoms. The molecule has 102 valence electrons. The van der Waals surface area contributed by atoms with Gasteiger partial charge in [0.2, 0.25) is 0 Å². The molecule has 0 spiro atoms. The van der Waals surface area contributed by atoms with Crippen LogP contribution in [0.2, 0.25) is 0 Å². The number of hydrogen-bond acceptors (Lipinski definition) is 1. The Labute approximate surface area is 125 Å². The SMILES string of the molecule is O=C1c2ccccc2CCN1Cc1cc(F)ccc1Br. The van der Waals surface area contributed by atoms with E-state index in [4.69, 9.17) is 0 Å². The summed E-state index contributed by atoms with van der Waals surface area (Å²) in [5.41, 5.74) is 2.64. The first-order valence-corrected chi connectivity index (χ1v) is 7.25. The number of amides is 1. The second-order valence-electron chi connectivity index (χ2n) is 4.87. The van der Waals surface area contributed by atoms with Gasteiger partial charge in [0.15, 0.2) is 0 Å². The Balaban J connectivity index is 1.86. The van der Waals surface area contributed by atoms with Gasteiger partial charge in [-0.2, -0.15) is 0 Å². The van der Waals surface area contributed by atoms with Crippen molar-refractivity contribution in [1.82, 2.24) is 4.90 Å². The summed E-state index contributed by atoms with van der Waals surface area (Å²) in [6, 6.07) is 12.2. The maximum Gasteiger partial charge on any atom is 0.254 e. The molecule has 2 aromatic carbocycles. The van der Waals surface area contributed by atoms with Crippen LogP contribution in [0.5, 0.6) is 0 Å². The quantitative estimate of drug-likeness (QED) is 0.818. The summed E-state index contributed by atoms with van der Waals surface area (Å²) < 4.78 is 14.1. The number of hydrogen-bond donors (Lipinski definition) is 0. The van der Waals surface area contributed by atoms with Gasteiger partial charge in [0, 0.05) is 23.1 Å². The number of benzene rings is 2. The first-order chi connectivity index (χ1) is 9.65. The van der Waals surface area contributed by atoms with Crippen LogP contribution in [0.15, 0.2) is 46.9 Å². The highest BCUT2D eigenvalue weighted by Gasteiger charge is 2.24. The van der Waals surface area contributed by atoms with Gasteiger partial charge >= 0.3 is 0 Å². The van der Waals surface area contributed by atoms with E-state index in [0.29, 0.717) is 13.1 Å². The van der Waals surface area contributed by atoms with Crippen molar-refractivity contribution in [3.05, 3.63) is 69.4 Å². The van der Waals surface area contributed by atoms with Crippen LogP contribution in [-0.2, 0) is 13.0 Å². The largest absolute Gasteiger partial charge is 0.334 e. The average Bonchev–Trinajstić information content (AvgIpc) is 2.46. The maximum atomic E-state index is 13.3. The minimum absolute atomic E-state index is 0.0167. The second-order valence-corrected chi connectivity index (χ2v) is 5.72. The molecule has 0 saturated carbocycles. The third kappa shape index (κ3) is 2.48. The number of halogens is 2. The molecule has 0 N–H and O–H groups in total. The summed E-state index contributed by atoms with van der Waals surface area (Å²) in [4.78, 5) is 14.2. The molecular weight excluding hydrogens is 321 g/mol. The van der Waals surface area contributed by atoms with Gasteiger partial charge in [0.25, 0.3) is 5.91 Å². The summed E-state index contributed by atoms with van der Waals surface area (Å²) >= 11 is 3.40. The van der Waals surface area contributed by atoms with Crippen molar-refractivity contribution in [1.29, 1.82) is 0 Å². The van der Waals surface area contributed by atoms with Crippen LogP contribution in [0, 0.1) is 5.82 Å². The molecule has 1 aliphatic heterocycles. The zero-order valence-electron chi connectivity index (χ0n) is 10.8. The first kappa shape index (κ1) is 13.3. The molecule has 0 aromatic heterocycles. The molecule has 4 heteroatoms. The average molecular weight is 334 g/mol. The lowest BCUT2D eigenvalue weighted by Crippen LogP contribution is -2.37. The topological polar surface area (TPSA) is 20.3 Å². The first-order valence-electron chi connectivity index (χ1n) is 6.46. The van der Waals surface area contributed by atoms with Crippen LogP contribution in [-0.4, -0.2) is 17.4 Å². The summed E-state index contributed by atoms with van der Waals surface area (Å²) in [6.45, 7) is 1.09. The van der Waals surface area contributed by atoms with Crippen LogP contribution in [0.25, 0.3) is 0 Å². The Morgan fingerprint density at radius 2 is 2.00 bits per heavy atom. The number of nitrogens with zero attached hydrogens (tertiary/aromatic N) is 1. The fraction of sp³-hybridized carbons (Fsp3) is 0.188. The number of fused-ring (bicyclic) bond motifs is 1. The summed E-state index contributed by atoms with van der Waals surface area (Å²) in [6.07, 6.45) is 0.842. The maximum absolute atomic E-state index is 13.3. The van der Waals surface area contributed by atoms with Gasteiger partial charge in [0.05, 0.1) is 0 Å². The van der Waals surface area contributed by atoms with Gasteiger partial charge in [0.1, 0.15) is 5.82 Å². The monoisotopic (exact) mass is 333 g/mol. The lowest BCUT2D eigenvalue weighted by Gasteiger charge is -2.29. The van der Waals surface area contributed by atoms with Gasteiger partial charge in [-0.15, -0.1) is 0 Å². The Morgan fingerprint density at radius 3 is 2.85 bits per heavy atom. The Hall–Kier alpha value is -1.68. The number of carbonyl (C=O) groups is 1. The van der Waals surface area contributed by atoms with Crippen molar-refractivity contribution >= 4 is 21.8 Å². The van der Waals surface area contributed by atoms with Crippen molar-refractivity contribution in [2.24, 2.45) is 0 Å². The Kier molecular flexibility index (Phi) is 3.57. The lowest BCUT2D eigenvalue weighted by molar-refractivity contribution is 0.0726. The molecule has 0 radical (unpaired) electrons. The van der Waals surface area contributed by atoms with Crippen LogP contribution in [0.1, 0.15) is 21.5 Å². The molecule has 1 aliphatic rings. The molecule has 0 saturated heterocycles. The molecule has 0 fully saturated rings. The molecular formula is C16H13BrFNO. The van der Waals surface area contributed by atoms with E-state index in [2.05, 4.69) is 15.9 Å². The second kappa shape index (κ2) is 5.37. The summed E-state index contributed by atoms with van der Waals surface area (Å²) in [5.74, 6) is -0.268. The third-order valence-corrected chi connectivity index (χ3v) is 4.33. The third-order valence-electron chi connectivity index (χ3n) is 3.56. The van der Waals surface area contributed by atoms with Gasteiger partial charge < -0.3 is 4.90 Å². The molecule has 1 heterocycles. The van der Waals surface area contributed by atoms with Gasteiger partial charge in [-0.25, -0.2) is 4.39 Å². The standard InChI is InChI=1S/C16H13BrFNO/c17-15-6-5-13(18)9-12(15)10-19-8-7-11-3-1-2-4-14(11)16(19)20/h1-6,9H,7-8,10H2. The van der Waals surface area contributed by atoms with Crippen LogP contribution >= 0.6 is 15.9 Å². The number of carbonyl (C=O) groups excluding carboxylic acids is 1. The van der Waals surface area contributed by atoms with Crippen LogP contribution in [0.3, 0.4) is 0 Å².